The maximum absolute atomic E-state index is 8.64. The normalized spacial score (nSPS) is 33.2. The summed E-state index contributed by atoms with van der Waals surface area (Å²) in [5, 5.41) is 2.91. The van der Waals surface area contributed by atoms with Gasteiger partial charge in [-0.25, -0.2) is 0 Å². The van der Waals surface area contributed by atoms with Crippen LogP contribution in [0.25, 0.3) is 0 Å². The molecule has 0 spiro atoms. The van der Waals surface area contributed by atoms with E-state index in [0.717, 1.165) is 12.3 Å². The van der Waals surface area contributed by atoms with Crippen molar-refractivity contribution in [3.8, 4) is 0 Å². The van der Waals surface area contributed by atoms with Gasteiger partial charge in [-0.3, -0.25) is 5.32 Å². The SMILES string of the molecule is OS1=CNCC1. The molecule has 1 heterocycles. The van der Waals surface area contributed by atoms with E-state index in [1.54, 1.807) is 5.49 Å². The summed E-state index contributed by atoms with van der Waals surface area (Å²) < 4.78 is 8.64. The zero-order valence-corrected chi connectivity index (χ0v) is 4.16. The second-order valence-electron chi connectivity index (χ2n) is 1.18. The van der Waals surface area contributed by atoms with Gasteiger partial charge in [0, 0.05) is 17.8 Å². The Bertz CT molecular complexity index is 80.9. The smallest absolute Gasteiger partial charge is 0.0266 e. The molecular formula is C3H7NOS. The lowest BCUT2D eigenvalue weighted by Gasteiger charge is -1.80. The van der Waals surface area contributed by atoms with Crippen molar-refractivity contribution in [3.05, 3.63) is 0 Å². The highest BCUT2D eigenvalue weighted by molar-refractivity contribution is 8.10. The van der Waals surface area contributed by atoms with Crippen molar-refractivity contribution in [1.82, 2.24) is 5.32 Å². The molecule has 0 fully saturated rings. The summed E-state index contributed by atoms with van der Waals surface area (Å²) in [6, 6.07) is 0. The molecule has 0 aliphatic carbocycles. The highest BCUT2D eigenvalue weighted by atomic mass is 32.2. The summed E-state index contributed by atoms with van der Waals surface area (Å²) in [7, 11) is -0.409. The van der Waals surface area contributed by atoms with Gasteiger partial charge in [0.15, 0.2) is 0 Å². The van der Waals surface area contributed by atoms with Crippen molar-refractivity contribution in [2.24, 2.45) is 0 Å². The largest absolute Gasteiger partial charge is 0.337 e. The van der Waals surface area contributed by atoms with Gasteiger partial charge in [0.2, 0.25) is 0 Å². The van der Waals surface area contributed by atoms with Crippen molar-refractivity contribution in [2.75, 3.05) is 12.3 Å². The molecule has 1 atom stereocenters. The summed E-state index contributed by atoms with van der Waals surface area (Å²) in [4.78, 5) is 0. The standard InChI is InChI=1S/C3H7NOS/c5-6-2-1-4-3-6/h3-5H,1-2H2. The second kappa shape index (κ2) is 1.73. The maximum Gasteiger partial charge on any atom is 0.0266 e. The minimum Gasteiger partial charge on any atom is -0.337 e. The van der Waals surface area contributed by atoms with Gasteiger partial charge < -0.3 is 4.55 Å². The third kappa shape index (κ3) is 0.801. The zero-order valence-electron chi connectivity index (χ0n) is 3.35. The highest BCUT2D eigenvalue weighted by Gasteiger charge is 1.94. The third-order valence-electron chi connectivity index (χ3n) is 0.675. The first-order valence-electron chi connectivity index (χ1n) is 1.85. The van der Waals surface area contributed by atoms with Crippen LogP contribution >= 0.6 is 10.8 Å². The summed E-state index contributed by atoms with van der Waals surface area (Å²) >= 11 is 0. The Morgan fingerprint density at radius 1 is 1.83 bits per heavy atom. The number of hydrogen-bond donors (Lipinski definition) is 2. The lowest BCUT2D eigenvalue weighted by atomic mass is 10.8. The van der Waals surface area contributed by atoms with Crippen LogP contribution in [0.1, 0.15) is 0 Å². The Morgan fingerprint density at radius 2 is 2.67 bits per heavy atom. The van der Waals surface area contributed by atoms with Gasteiger partial charge in [0.25, 0.3) is 0 Å². The fourth-order valence-corrected chi connectivity index (χ4v) is 1.13. The summed E-state index contributed by atoms with van der Waals surface area (Å²) in [5.41, 5.74) is 1.74. The van der Waals surface area contributed by atoms with E-state index in [1.165, 1.54) is 0 Å². The minimum atomic E-state index is -0.409. The third-order valence-corrected chi connectivity index (χ3v) is 1.74. The van der Waals surface area contributed by atoms with Crippen LogP contribution in [0.2, 0.25) is 0 Å². The van der Waals surface area contributed by atoms with E-state index in [1.807, 2.05) is 0 Å². The first-order chi connectivity index (χ1) is 2.89. The molecule has 1 aliphatic rings. The predicted molar refractivity (Wildman–Crippen MR) is 29.2 cm³/mol. The van der Waals surface area contributed by atoms with Crippen LogP contribution in [-0.4, -0.2) is 22.3 Å². The summed E-state index contributed by atoms with van der Waals surface area (Å²) in [6.45, 7) is 0.944. The molecule has 3 heteroatoms. The lowest BCUT2D eigenvalue weighted by Crippen LogP contribution is -2.04. The van der Waals surface area contributed by atoms with E-state index in [4.69, 9.17) is 4.55 Å². The van der Waals surface area contributed by atoms with Crippen LogP contribution in [0.5, 0.6) is 0 Å². The molecule has 1 aliphatic heterocycles. The van der Waals surface area contributed by atoms with Crippen LogP contribution in [-0.2, 0) is 0 Å². The molecule has 2 N–H and O–H groups in total. The van der Waals surface area contributed by atoms with Crippen LogP contribution < -0.4 is 5.32 Å². The molecule has 0 saturated heterocycles. The lowest BCUT2D eigenvalue weighted by molar-refractivity contribution is 0.662. The van der Waals surface area contributed by atoms with Crippen molar-refractivity contribution in [1.29, 1.82) is 0 Å². The average molecular weight is 105 g/mol. The van der Waals surface area contributed by atoms with Gasteiger partial charge >= 0.3 is 0 Å². The van der Waals surface area contributed by atoms with Gasteiger partial charge in [0.05, 0.1) is 0 Å². The molecule has 0 aromatic rings. The fraction of sp³-hybridized carbons (Fsp3) is 0.667. The van der Waals surface area contributed by atoms with Gasteiger partial charge in [-0.1, -0.05) is 0 Å². The molecule has 0 amide bonds. The highest BCUT2D eigenvalue weighted by Crippen LogP contribution is 2.03. The molecule has 36 valence electrons. The monoisotopic (exact) mass is 105 g/mol. The molecule has 6 heavy (non-hydrogen) atoms. The molecule has 0 bridgehead atoms. The Labute approximate surface area is 39.3 Å². The molecule has 1 unspecified atom stereocenters. The second-order valence-corrected chi connectivity index (χ2v) is 2.62. The first-order valence-corrected chi connectivity index (χ1v) is 3.26. The molecule has 2 nitrogen and oxygen atoms in total. The topological polar surface area (TPSA) is 32.3 Å². The Kier molecular flexibility index (Phi) is 1.24. The van der Waals surface area contributed by atoms with E-state index in [0.29, 0.717) is 0 Å². The average Bonchev–Trinajstić information content (AvgIpc) is 1.86. The van der Waals surface area contributed by atoms with Crippen LogP contribution in [0.3, 0.4) is 0 Å². The van der Waals surface area contributed by atoms with Crippen LogP contribution in [0.4, 0.5) is 0 Å². The van der Waals surface area contributed by atoms with E-state index < -0.39 is 10.8 Å². The molecule has 0 saturated carbocycles. The molecule has 0 radical (unpaired) electrons. The predicted octanol–water partition coefficient (Wildman–Crippen LogP) is 0.0912. The van der Waals surface area contributed by atoms with Gasteiger partial charge in [0.1, 0.15) is 0 Å². The molecule has 0 aromatic heterocycles. The Balaban J connectivity index is 2.45. The van der Waals surface area contributed by atoms with Crippen molar-refractivity contribution in [2.45, 2.75) is 0 Å². The van der Waals surface area contributed by atoms with Crippen molar-refractivity contribution >= 4 is 16.3 Å². The molecule has 0 aromatic carbocycles. The number of hydrogen-bond acceptors (Lipinski definition) is 2. The maximum atomic E-state index is 8.64. The van der Waals surface area contributed by atoms with Gasteiger partial charge in [-0.2, -0.15) is 0 Å². The number of nitrogens with one attached hydrogen (secondary N) is 1. The van der Waals surface area contributed by atoms with Crippen molar-refractivity contribution in [3.63, 3.8) is 0 Å². The zero-order chi connectivity index (χ0) is 4.41. The minimum absolute atomic E-state index is 0.409. The van der Waals surface area contributed by atoms with Crippen LogP contribution in [0.15, 0.2) is 0 Å². The summed E-state index contributed by atoms with van der Waals surface area (Å²) in [6.07, 6.45) is 0. The van der Waals surface area contributed by atoms with Crippen LogP contribution in [0, 0.1) is 0 Å². The number of rotatable bonds is 0. The first kappa shape index (κ1) is 4.30. The quantitative estimate of drug-likeness (QED) is 0.428. The summed E-state index contributed by atoms with van der Waals surface area (Å²) in [5.74, 6) is 0.903. The van der Waals surface area contributed by atoms with Crippen molar-refractivity contribution < 1.29 is 4.55 Å². The van der Waals surface area contributed by atoms with E-state index in [9.17, 15) is 0 Å². The Morgan fingerprint density at radius 3 is 2.83 bits per heavy atom. The Hall–Kier alpha value is 0.140. The van der Waals surface area contributed by atoms with E-state index >= 15 is 0 Å². The molecular weight excluding hydrogens is 98.1 g/mol. The van der Waals surface area contributed by atoms with Gasteiger partial charge in [-0.05, 0) is 10.8 Å². The van der Waals surface area contributed by atoms with E-state index in [-0.39, 0.29) is 0 Å². The molecule has 1 rings (SSSR count). The van der Waals surface area contributed by atoms with E-state index in [2.05, 4.69) is 5.32 Å². The fourth-order valence-electron chi connectivity index (χ4n) is 0.378. The van der Waals surface area contributed by atoms with Gasteiger partial charge in [-0.15, -0.1) is 0 Å².